The predicted octanol–water partition coefficient (Wildman–Crippen LogP) is 1.97. The molecule has 0 bridgehead atoms. The zero-order valence-corrected chi connectivity index (χ0v) is 10.6. The third kappa shape index (κ3) is 4.02. The number of amides is 1. The summed E-state index contributed by atoms with van der Waals surface area (Å²) in [4.78, 5) is 11.6. The molecule has 1 heterocycles. The van der Waals surface area contributed by atoms with Crippen LogP contribution in [-0.4, -0.2) is 17.7 Å². The molecule has 6 nitrogen and oxygen atoms in total. The molecule has 0 radical (unpaired) electrons. The van der Waals surface area contributed by atoms with E-state index in [2.05, 4.69) is 10.5 Å². The maximum Gasteiger partial charge on any atom is 0.229 e. The van der Waals surface area contributed by atoms with Gasteiger partial charge in [-0.1, -0.05) is 5.16 Å². The number of nitrogen functional groups attached to an aromatic ring is 1. The van der Waals surface area contributed by atoms with Crippen molar-refractivity contribution in [3.05, 3.63) is 36.1 Å². The lowest BCUT2D eigenvalue weighted by Crippen LogP contribution is -2.15. The van der Waals surface area contributed by atoms with Crippen molar-refractivity contribution in [2.45, 2.75) is 13.3 Å². The van der Waals surface area contributed by atoms with Crippen molar-refractivity contribution in [2.75, 3.05) is 17.7 Å². The van der Waals surface area contributed by atoms with Crippen LogP contribution in [0.3, 0.4) is 0 Å². The number of aromatic nitrogens is 1. The van der Waals surface area contributed by atoms with Gasteiger partial charge in [0.05, 0.1) is 13.0 Å². The number of hydrogen-bond donors (Lipinski definition) is 2. The summed E-state index contributed by atoms with van der Waals surface area (Å²) in [7, 11) is 0. The lowest BCUT2D eigenvalue weighted by atomic mass is 10.3. The van der Waals surface area contributed by atoms with Crippen LogP contribution in [-0.2, 0) is 4.79 Å². The average molecular weight is 261 g/mol. The Balaban J connectivity index is 1.73. The summed E-state index contributed by atoms with van der Waals surface area (Å²) in [6.07, 6.45) is 0.232. The van der Waals surface area contributed by atoms with Crippen molar-refractivity contribution in [3.63, 3.8) is 0 Å². The molecule has 0 atom stereocenters. The van der Waals surface area contributed by atoms with Gasteiger partial charge in [-0.15, -0.1) is 0 Å². The lowest BCUT2D eigenvalue weighted by Gasteiger charge is -2.05. The fraction of sp³-hybridized carbons (Fsp3) is 0.231. The molecule has 2 aromatic rings. The summed E-state index contributed by atoms with van der Waals surface area (Å²) in [5, 5.41) is 6.28. The molecule has 1 amide bonds. The van der Waals surface area contributed by atoms with Crippen molar-refractivity contribution in [3.8, 4) is 5.75 Å². The minimum atomic E-state index is -0.177. The molecule has 19 heavy (non-hydrogen) atoms. The minimum absolute atomic E-state index is 0.177. The normalized spacial score (nSPS) is 10.2. The number of nitrogens with zero attached hydrogens (tertiary/aromatic N) is 1. The Hall–Kier alpha value is -2.50. The predicted molar refractivity (Wildman–Crippen MR) is 70.8 cm³/mol. The molecule has 0 aliphatic rings. The van der Waals surface area contributed by atoms with Gasteiger partial charge in [0.2, 0.25) is 5.91 Å². The Morgan fingerprint density at radius 1 is 1.42 bits per heavy atom. The second-order valence-electron chi connectivity index (χ2n) is 4.04. The maximum absolute atomic E-state index is 11.6. The van der Waals surface area contributed by atoms with Crippen LogP contribution in [0, 0.1) is 6.92 Å². The van der Waals surface area contributed by atoms with E-state index in [-0.39, 0.29) is 18.9 Å². The first-order valence-corrected chi connectivity index (χ1v) is 5.85. The molecule has 0 spiro atoms. The molecular weight excluding hydrogens is 246 g/mol. The Morgan fingerprint density at radius 2 is 2.16 bits per heavy atom. The van der Waals surface area contributed by atoms with Gasteiger partial charge in [-0.25, -0.2) is 0 Å². The highest BCUT2D eigenvalue weighted by Gasteiger charge is 2.06. The fourth-order valence-corrected chi connectivity index (χ4v) is 1.46. The van der Waals surface area contributed by atoms with Crippen molar-refractivity contribution < 1.29 is 14.1 Å². The van der Waals surface area contributed by atoms with E-state index in [1.807, 2.05) is 0 Å². The zero-order valence-electron chi connectivity index (χ0n) is 10.6. The van der Waals surface area contributed by atoms with Crippen LogP contribution in [0.4, 0.5) is 11.5 Å². The summed E-state index contributed by atoms with van der Waals surface area (Å²) < 4.78 is 10.3. The van der Waals surface area contributed by atoms with E-state index in [9.17, 15) is 4.79 Å². The molecule has 0 aliphatic carbocycles. The molecule has 0 saturated heterocycles. The summed E-state index contributed by atoms with van der Waals surface area (Å²) in [5.74, 6) is 1.56. The molecular formula is C13H15N3O3. The summed E-state index contributed by atoms with van der Waals surface area (Å²) in [5.41, 5.74) is 6.23. The largest absolute Gasteiger partial charge is 0.493 e. The third-order valence-electron chi connectivity index (χ3n) is 2.37. The van der Waals surface area contributed by atoms with Crippen molar-refractivity contribution >= 4 is 17.4 Å². The molecule has 1 aromatic heterocycles. The Kier molecular flexibility index (Phi) is 4.02. The number of carbonyl (C=O) groups excluding carboxylic acids is 1. The standard InChI is InChI=1S/C13H15N3O3/c1-9-8-12(16-19-9)15-13(17)6-7-18-11-4-2-10(14)3-5-11/h2-5,8H,6-7,14H2,1H3,(H,15,16,17). The number of hydrogen-bond acceptors (Lipinski definition) is 5. The second kappa shape index (κ2) is 5.90. The van der Waals surface area contributed by atoms with Gasteiger partial charge >= 0.3 is 0 Å². The Labute approximate surface area is 110 Å². The van der Waals surface area contributed by atoms with Crippen molar-refractivity contribution in [2.24, 2.45) is 0 Å². The third-order valence-corrected chi connectivity index (χ3v) is 2.37. The monoisotopic (exact) mass is 261 g/mol. The molecule has 0 fully saturated rings. The first-order valence-electron chi connectivity index (χ1n) is 5.85. The van der Waals surface area contributed by atoms with E-state index in [1.54, 1.807) is 37.3 Å². The number of nitrogens with one attached hydrogen (secondary N) is 1. The summed E-state index contributed by atoms with van der Waals surface area (Å²) in [6, 6.07) is 8.66. The second-order valence-corrected chi connectivity index (χ2v) is 4.04. The Morgan fingerprint density at radius 3 is 2.79 bits per heavy atom. The van der Waals surface area contributed by atoms with Gasteiger partial charge in [0.15, 0.2) is 5.82 Å². The molecule has 0 aliphatic heterocycles. The highest BCUT2D eigenvalue weighted by molar-refractivity contribution is 5.89. The molecule has 3 N–H and O–H groups in total. The van der Waals surface area contributed by atoms with Crippen LogP contribution < -0.4 is 15.8 Å². The molecule has 1 aromatic carbocycles. The molecule has 100 valence electrons. The number of aryl methyl sites for hydroxylation is 1. The topological polar surface area (TPSA) is 90.4 Å². The first-order chi connectivity index (χ1) is 9.13. The highest BCUT2D eigenvalue weighted by Crippen LogP contribution is 2.13. The van der Waals surface area contributed by atoms with Gasteiger partial charge in [0.25, 0.3) is 0 Å². The van der Waals surface area contributed by atoms with Crippen LogP contribution in [0.25, 0.3) is 0 Å². The number of carbonyl (C=O) groups is 1. The molecule has 2 rings (SSSR count). The maximum atomic E-state index is 11.6. The van der Waals surface area contributed by atoms with Crippen LogP contribution >= 0.6 is 0 Å². The number of anilines is 2. The van der Waals surface area contributed by atoms with Crippen molar-refractivity contribution in [1.29, 1.82) is 0 Å². The Bertz CT molecular complexity index is 549. The molecule has 0 saturated carbocycles. The summed E-state index contributed by atoms with van der Waals surface area (Å²) in [6.45, 7) is 2.04. The van der Waals surface area contributed by atoms with Crippen LogP contribution in [0.1, 0.15) is 12.2 Å². The average Bonchev–Trinajstić information content (AvgIpc) is 2.77. The van der Waals surface area contributed by atoms with Gasteiger partial charge in [-0.2, -0.15) is 0 Å². The lowest BCUT2D eigenvalue weighted by molar-refractivity contribution is -0.116. The number of nitrogens with two attached hydrogens (primary N) is 1. The number of ether oxygens (including phenoxy) is 1. The van der Waals surface area contributed by atoms with E-state index < -0.39 is 0 Å². The van der Waals surface area contributed by atoms with Crippen LogP contribution in [0.5, 0.6) is 5.75 Å². The summed E-state index contributed by atoms with van der Waals surface area (Å²) >= 11 is 0. The van der Waals surface area contributed by atoms with Crippen molar-refractivity contribution in [1.82, 2.24) is 5.16 Å². The molecule has 0 unspecified atom stereocenters. The highest BCUT2D eigenvalue weighted by atomic mass is 16.5. The van der Waals surface area contributed by atoms with E-state index in [4.69, 9.17) is 15.0 Å². The molecule has 6 heteroatoms. The zero-order chi connectivity index (χ0) is 13.7. The van der Waals surface area contributed by atoms with Gasteiger partial charge in [-0.05, 0) is 31.2 Å². The number of rotatable bonds is 5. The first kappa shape index (κ1) is 12.9. The SMILES string of the molecule is Cc1cc(NC(=O)CCOc2ccc(N)cc2)no1. The van der Waals surface area contributed by atoms with E-state index in [1.165, 1.54) is 0 Å². The van der Waals surface area contributed by atoms with E-state index in [0.717, 1.165) is 0 Å². The van der Waals surface area contributed by atoms with Gasteiger partial charge in [-0.3, -0.25) is 4.79 Å². The number of benzene rings is 1. The quantitative estimate of drug-likeness (QED) is 0.803. The van der Waals surface area contributed by atoms with E-state index >= 15 is 0 Å². The van der Waals surface area contributed by atoms with Crippen LogP contribution in [0.15, 0.2) is 34.9 Å². The van der Waals surface area contributed by atoms with Gasteiger partial charge < -0.3 is 20.3 Å². The smallest absolute Gasteiger partial charge is 0.229 e. The van der Waals surface area contributed by atoms with Gasteiger partial charge in [0.1, 0.15) is 11.5 Å². The van der Waals surface area contributed by atoms with Crippen LogP contribution in [0.2, 0.25) is 0 Å². The minimum Gasteiger partial charge on any atom is -0.493 e. The van der Waals surface area contributed by atoms with E-state index in [0.29, 0.717) is 23.0 Å². The fourth-order valence-electron chi connectivity index (χ4n) is 1.46. The van der Waals surface area contributed by atoms with Gasteiger partial charge in [0, 0.05) is 11.8 Å².